The van der Waals surface area contributed by atoms with Gasteiger partial charge in [0.25, 0.3) is 0 Å². The standard InChI is InChI=1S/C20H21N3O2S2/c1-25-16-10-6-5-8-14(16)23-19(18-12-7-13-26-18)21-22-20(23)27-17-11-4-2-3-9-15(17)24/h5-8,10,12-13,17H,2-4,9,11H2,1H3/t17-/m0/s1. The Kier molecular flexibility index (Phi) is 5.59. The molecule has 0 spiro atoms. The number of benzene rings is 1. The van der Waals surface area contributed by atoms with Crippen LogP contribution in [-0.2, 0) is 4.79 Å². The minimum absolute atomic E-state index is 0.0543. The minimum Gasteiger partial charge on any atom is -0.495 e. The largest absolute Gasteiger partial charge is 0.495 e. The van der Waals surface area contributed by atoms with Gasteiger partial charge in [0.1, 0.15) is 11.5 Å². The fraction of sp³-hybridized carbons (Fsp3) is 0.350. The van der Waals surface area contributed by atoms with Crippen molar-refractivity contribution in [2.45, 2.75) is 42.5 Å². The van der Waals surface area contributed by atoms with E-state index in [4.69, 9.17) is 4.74 Å². The van der Waals surface area contributed by atoms with Crippen molar-refractivity contribution in [2.24, 2.45) is 0 Å². The van der Waals surface area contributed by atoms with E-state index in [1.807, 2.05) is 46.3 Å². The molecular weight excluding hydrogens is 378 g/mol. The third-order valence-electron chi connectivity index (χ3n) is 4.70. The smallest absolute Gasteiger partial charge is 0.196 e. The second kappa shape index (κ2) is 8.27. The number of carbonyl (C=O) groups is 1. The van der Waals surface area contributed by atoms with Crippen molar-refractivity contribution >= 4 is 28.9 Å². The van der Waals surface area contributed by atoms with E-state index in [1.54, 1.807) is 18.4 Å². The summed E-state index contributed by atoms with van der Waals surface area (Å²) >= 11 is 3.15. The maximum Gasteiger partial charge on any atom is 0.196 e. The summed E-state index contributed by atoms with van der Waals surface area (Å²) < 4.78 is 7.60. The first-order valence-corrected chi connectivity index (χ1v) is 10.9. The van der Waals surface area contributed by atoms with Crippen LogP contribution in [0.5, 0.6) is 5.75 Å². The molecule has 0 bridgehead atoms. The van der Waals surface area contributed by atoms with Gasteiger partial charge in [0.2, 0.25) is 0 Å². The van der Waals surface area contributed by atoms with Gasteiger partial charge in [-0.2, -0.15) is 0 Å². The molecule has 1 aliphatic rings. The third kappa shape index (κ3) is 3.80. The molecule has 3 aromatic rings. The number of ether oxygens (including phenoxy) is 1. The lowest BCUT2D eigenvalue weighted by molar-refractivity contribution is -0.118. The second-order valence-corrected chi connectivity index (χ2v) is 8.58. The van der Waals surface area contributed by atoms with Crippen LogP contribution in [0.25, 0.3) is 16.4 Å². The first-order valence-electron chi connectivity index (χ1n) is 9.10. The van der Waals surface area contributed by atoms with E-state index in [-0.39, 0.29) is 5.25 Å². The van der Waals surface area contributed by atoms with Crippen LogP contribution in [0.4, 0.5) is 0 Å². The topological polar surface area (TPSA) is 57.0 Å². The van der Waals surface area contributed by atoms with E-state index >= 15 is 0 Å². The van der Waals surface area contributed by atoms with E-state index < -0.39 is 0 Å². The van der Waals surface area contributed by atoms with Gasteiger partial charge in [-0.3, -0.25) is 9.36 Å². The van der Waals surface area contributed by atoms with Crippen molar-refractivity contribution in [3.05, 3.63) is 41.8 Å². The van der Waals surface area contributed by atoms with Crippen LogP contribution in [-0.4, -0.2) is 32.9 Å². The summed E-state index contributed by atoms with van der Waals surface area (Å²) in [6, 6.07) is 11.9. The predicted molar refractivity (Wildman–Crippen MR) is 109 cm³/mol. The van der Waals surface area contributed by atoms with Gasteiger partial charge in [-0.1, -0.05) is 42.8 Å². The van der Waals surface area contributed by atoms with Crippen molar-refractivity contribution in [1.29, 1.82) is 0 Å². The van der Waals surface area contributed by atoms with Gasteiger partial charge in [0, 0.05) is 6.42 Å². The van der Waals surface area contributed by atoms with Gasteiger partial charge in [0.15, 0.2) is 11.0 Å². The molecule has 1 aliphatic carbocycles. The zero-order valence-corrected chi connectivity index (χ0v) is 16.8. The first kappa shape index (κ1) is 18.3. The van der Waals surface area contributed by atoms with E-state index in [2.05, 4.69) is 10.2 Å². The van der Waals surface area contributed by atoms with Crippen molar-refractivity contribution in [3.8, 4) is 22.1 Å². The molecule has 1 atom stereocenters. The Bertz CT molecular complexity index is 921. The Morgan fingerprint density at radius 1 is 1.15 bits per heavy atom. The quantitative estimate of drug-likeness (QED) is 0.565. The Labute approximate surface area is 166 Å². The molecule has 5 nitrogen and oxygen atoms in total. The second-order valence-electron chi connectivity index (χ2n) is 6.46. The molecule has 4 rings (SSSR count). The van der Waals surface area contributed by atoms with Crippen LogP contribution in [0.2, 0.25) is 0 Å². The van der Waals surface area contributed by atoms with E-state index in [1.165, 1.54) is 11.8 Å². The summed E-state index contributed by atoms with van der Waals surface area (Å²) in [5.74, 6) is 1.85. The number of nitrogens with zero attached hydrogens (tertiary/aromatic N) is 3. The van der Waals surface area contributed by atoms with Crippen LogP contribution < -0.4 is 4.74 Å². The van der Waals surface area contributed by atoms with Crippen molar-refractivity contribution in [1.82, 2.24) is 14.8 Å². The van der Waals surface area contributed by atoms with E-state index in [0.29, 0.717) is 12.2 Å². The summed E-state index contributed by atoms with van der Waals surface area (Å²) in [4.78, 5) is 13.6. The fourth-order valence-corrected chi connectivity index (χ4v) is 5.19. The number of hydrogen-bond donors (Lipinski definition) is 0. The van der Waals surface area contributed by atoms with Crippen LogP contribution in [0.1, 0.15) is 32.1 Å². The van der Waals surface area contributed by atoms with Crippen LogP contribution in [0.15, 0.2) is 46.9 Å². The number of ketones is 1. The van der Waals surface area contributed by atoms with E-state index in [9.17, 15) is 4.79 Å². The minimum atomic E-state index is -0.0543. The van der Waals surface area contributed by atoms with Crippen LogP contribution in [0, 0.1) is 0 Å². The van der Waals surface area contributed by atoms with Gasteiger partial charge in [0.05, 0.1) is 22.9 Å². The van der Waals surface area contributed by atoms with Crippen molar-refractivity contribution in [2.75, 3.05) is 7.11 Å². The highest BCUT2D eigenvalue weighted by Gasteiger charge is 2.27. The Morgan fingerprint density at radius 2 is 2.04 bits per heavy atom. The highest BCUT2D eigenvalue weighted by molar-refractivity contribution is 8.00. The zero-order chi connectivity index (χ0) is 18.6. The molecular formula is C20H21N3O2S2. The lowest BCUT2D eigenvalue weighted by Gasteiger charge is -2.16. The SMILES string of the molecule is COc1ccccc1-n1c(S[C@H]2CCCCCC2=O)nnc1-c1cccs1. The molecule has 0 amide bonds. The van der Waals surface area contributed by atoms with Gasteiger partial charge >= 0.3 is 0 Å². The summed E-state index contributed by atoms with van der Waals surface area (Å²) in [7, 11) is 1.66. The predicted octanol–water partition coefficient (Wildman–Crippen LogP) is 5.00. The summed E-state index contributed by atoms with van der Waals surface area (Å²) in [5.41, 5.74) is 0.886. The number of thiophene rings is 1. The van der Waals surface area contributed by atoms with Gasteiger partial charge < -0.3 is 4.74 Å². The van der Waals surface area contributed by atoms with Crippen LogP contribution in [0.3, 0.4) is 0 Å². The lowest BCUT2D eigenvalue weighted by Crippen LogP contribution is -2.16. The molecule has 0 unspecified atom stereocenters. The average molecular weight is 400 g/mol. The molecule has 7 heteroatoms. The maximum atomic E-state index is 12.5. The molecule has 27 heavy (non-hydrogen) atoms. The lowest BCUT2D eigenvalue weighted by atomic mass is 10.2. The molecule has 2 aromatic heterocycles. The normalized spacial score (nSPS) is 17.7. The highest BCUT2D eigenvalue weighted by Crippen LogP contribution is 2.37. The average Bonchev–Trinajstić information content (AvgIpc) is 3.31. The molecule has 0 aliphatic heterocycles. The number of hydrogen-bond acceptors (Lipinski definition) is 6. The molecule has 2 heterocycles. The molecule has 1 saturated carbocycles. The molecule has 1 aromatic carbocycles. The number of rotatable bonds is 5. The molecule has 0 saturated heterocycles. The fourth-order valence-electron chi connectivity index (χ4n) is 3.32. The number of aromatic nitrogens is 3. The van der Waals surface area contributed by atoms with Crippen molar-refractivity contribution < 1.29 is 9.53 Å². The van der Waals surface area contributed by atoms with E-state index in [0.717, 1.165) is 53.0 Å². The molecule has 1 fully saturated rings. The summed E-state index contributed by atoms with van der Waals surface area (Å²) in [6.07, 6.45) is 4.77. The highest BCUT2D eigenvalue weighted by atomic mass is 32.2. The third-order valence-corrected chi connectivity index (χ3v) is 6.82. The molecule has 0 N–H and O–H groups in total. The number of carbonyl (C=O) groups excluding carboxylic acids is 1. The number of thioether (sulfide) groups is 1. The number of methoxy groups -OCH3 is 1. The Hall–Kier alpha value is -2.12. The van der Waals surface area contributed by atoms with Crippen molar-refractivity contribution in [3.63, 3.8) is 0 Å². The Balaban J connectivity index is 1.79. The van der Waals surface area contributed by atoms with Gasteiger partial charge in [-0.15, -0.1) is 21.5 Å². The summed E-state index contributed by atoms with van der Waals surface area (Å²) in [5, 5.41) is 11.6. The number of Topliss-reactive ketones (excluding diaryl/α,β-unsaturated/α-hetero) is 1. The number of para-hydroxylation sites is 2. The van der Waals surface area contributed by atoms with Crippen LogP contribution >= 0.6 is 23.1 Å². The van der Waals surface area contributed by atoms with Gasteiger partial charge in [-0.25, -0.2) is 0 Å². The molecule has 140 valence electrons. The Morgan fingerprint density at radius 3 is 2.85 bits per heavy atom. The first-order chi connectivity index (χ1) is 13.3. The maximum absolute atomic E-state index is 12.5. The molecule has 0 radical (unpaired) electrons. The monoisotopic (exact) mass is 399 g/mol. The summed E-state index contributed by atoms with van der Waals surface area (Å²) in [6.45, 7) is 0. The van der Waals surface area contributed by atoms with Gasteiger partial charge in [-0.05, 0) is 36.4 Å². The zero-order valence-electron chi connectivity index (χ0n) is 15.1.